The Balaban J connectivity index is 0.824. The Kier molecular flexibility index (Phi) is 25.2. The normalized spacial score (nSPS) is 12.4. The zero-order valence-electron chi connectivity index (χ0n) is 50.1. The number of unbranched alkanes of at least 4 members (excludes halogenated alkanes) is 4. The van der Waals surface area contributed by atoms with Crippen LogP contribution in [-0.4, -0.2) is 87.7 Å². The first-order chi connectivity index (χ1) is 39.7. The second-order valence-corrected chi connectivity index (χ2v) is 34.7. The molecule has 14 nitrogen and oxygen atoms in total. The molecule has 444 valence electrons. The molecule has 0 heterocycles. The monoisotopic (exact) mass is 1180 g/mol. The van der Waals surface area contributed by atoms with Crippen LogP contribution < -0.4 is 28.4 Å². The maximum absolute atomic E-state index is 12.9. The summed E-state index contributed by atoms with van der Waals surface area (Å²) in [6, 6.07) is 45.7. The van der Waals surface area contributed by atoms with Crippen molar-refractivity contribution in [1.82, 2.24) is 0 Å². The first-order valence-corrected chi connectivity index (χ1v) is 38.1. The van der Waals surface area contributed by atoms with Crippen molar-refractivity contribution in [3.05, 3.63) is 157 Å². The molecule has 0 aromatic heterocycles. The van der Waals surface area contributed by atoms with E-state index in [1.165, 1.54) is 0 Å². The molecule has 0 saturated heterocycles. The van der Waals surface area contributed by atoms with Crippen LogP contribution in [-0.2, 0) is 27.3 Å². The molecule has 2 atom stereocenters. The van der Waals surface area contributed by atoms with Gasteiger partial charge in [-0.2, -0.15) is 0 Å². The second kappa shape index (κ2) is 32.1. The molecule has 17 heteroatoms. The lowest BCUT2D eigenvalue weighted by Crippen LogP contribution is -2.52. The minimum Gasteiger partial charge on any atom is -0.494 e. The average Bonchev–Trinajstić information content (AvgIpc) is 3.50. The molecule has 6 aromatic carbocycles. The fourth-order valence-electron chi connectivity index (χ4n) is 9.10. The average molecular weight is 1190 g/mol. The summed E-state index contributed by atoms with van der Waals surface area (Å²) in [7, 11) is -6.36. The summed E-state index contributed by atoms with van der Waals surface area (Å²) in [5, 5.41) is 0. The Morgan fingerprint density at radius 1 is 0.373 bits per heavy atom. The van der Waals surface area contributed by atoms with Gasteiger partial charge in [0.25, 0.3) is 0 Å². The fourth-order valence-corrected chi connectivity index (χ4v) is 23.3. The molecule has 0 spiro atoms. The summed E-state index contributed by atoms with van der Waals surface area (Å²) in [5.74, 6) is 1.48. The summed E-state index contributed by atoms with van der Waals surface area (Å²) in [6.45, 7) is 22.9. The number of benzene rings is 6. The van der Waals surface area contributed by atoms with E-state index in [0.717, 1.165) is 97.2 Å². The van der Waals surface area contributed by atoms with E-state index in [-0.39, 0.29) is 0 Å². The summed E-state index contributed by atoms with van der Waals surface area (Å²) in [4.78, 5) is 50.1. The fraction of sp³-hybridized carbons (Fsp3) is 0.394. The first-order valence-electron chi connectivity index (χ1n) is 29.1. The smallest absolute Gasteiger partial charge is 0.347 e. The molecule has 0 N–H and O–H groups in total. The van der Waals surface area contributed by atoms with Crippen LogP contribution in [0.2, 0.25) is 51.4 Å². The molecule has 6 aromatic rings. The van der Waals surface area contributed by atoms with Crippen LogP contribution in [0.5, 0.6) is 34.5 Å². The molecule has 0 radical (unpaired) electrons. The van der Waals surface area contributed by atoms with E-state index in [1.807, 2.05) is 86.6 Å². The van der Waals surface area contributed by atoms with Gasteiger partial charge in [-0.1, -0.05) is 88.1 Å². The van der Waals surface area contributed by atoms with Crippen molar-refractivity contribution in [3.8, 4) is 56.8 Å². The summed E-state index contributed by atoms with van der Waals surface area (Å²) in [5.41, 5.74) is 4.78. The predicted octanol–water partition coefficient (Wildman–Crippen LogP) is 15.8. The van der Waals surface area contributed by atoms with Gasteiger partial charge >= 0.3 is 32.4 Å². The van der Waals surface area contributed by atoms with Crippen LogP contribution in [0, 0.1) is 0 Å². The Labute approximate surface area is 494 Å². The first kappa shape index (κ1) is 65.1. The van der Waals surface area contributed by atoms with Gasteiger partial charge in [0.15, 0.2) is 28.8 Å². The van der Waals surface area contributed by atoms with Crippen LogP contribution in [0.4, 0.5) is 0 Å². The van der Waals surface area contributed by atoms with Crippen molar-refractivity contribution < 1.29 is 65.3 Å². The van der Waals surface area contributed by atoms with Gasteiger partial charge in [-0.25, -0.2) is 19.2 Å². The lowest BCUT2D eigenvalue weighted by molar-refractivity contribution is -0.151. The van der Waals surface area contributed by atoms with Gasteiger partial charge in [0.05, 0.1) is 37.6 Å². The molecule has 0 unspecified atom stereocenters. The van der Waals surface area contributed by atoms with Crippen molar-refractivity contribution >= 4 is 49.1 Å². The van der Waals surface area contributed by atoms with E-state index in [2.05, 4.69) is 39.3 Å². The van der Waals surface area contributed by atoms with Gasteiger partial charge in [-0.3, -0.25) is 0 Å². The highest BCUT2D eigenvalue weighted by Crippen LogP contribution is 2.30. The van der Waals surface area contributed by atoms with E-state index in [1.54, 1.807) is 86.6 Å². The topological polar surface area (TPSA) is 161 Å². The zero-order chi connectivity index (χ0) is 59.8. The number of esters is 4. The van der Waals surface area contributed by atoms with Crippen molar-refractivity contribution in [2.75, 3.05) is 26.4 Å². The quantitative estimate of drug-likeness (QED) is 0.0162. The standard InChI is InChI=1S/C66H84O14Si3/c1-11-13-43-73-63(67)49(3)75-59-35-39-61(40-36-59)77-65(69)55-23-19-51(20-24-55)53-27-31-57(32-28-53)71-45-15-17-47-81(5,6)79-83(9,10)80-82(7,8)48-18-16-46-72-58-33-29-54(30-34-58)52-21-25-56(26-22-52)66(70)78-62-41-37-60(38-42-62)76-50(4)64(68)74-44-14-12-2/h19-42,49-50H,11-18,43-48H2,1-10H3/t49-,50-/m1/s1. The third kappa shape index (κ3) is 22.6. The Bertz CT molecular complexity index is 2750. The molecule has 0 aliphatic rings. The summed E-state index contributed by atoms with van der Waals surface area (Å²) >= 11 is 0. The van der Waals surface area contributed by atoms with E-state index in [0.29, 0.717) is 60.6 Å². The lowest BCUT2D eigenvalue weighted by atomic mass is 10.0. The second-order valence-electron chi connectivity index (χ2n) is 22.2. The summed E-state index contributed by atoms with van der Waals surface area (Å²) < 4.78 is 59.0. The predicted molar refractivity (Wildman–Crippen MR) is 332 cm³/mol. The van der Waals surface area contributed by atoms with Crippen molar-refractivity contribution in [2.45, 2.75) is 143 Å². The van der Waals surface area contributed by atoms with E-state index < -0.39 is 61.3 Å². The Morgan fingerprint density at radius 2 is 0.675 bits per heavy atom. The van der Waals surface area contributed by atoms with Crippen molar-refractivity contribution in [3.63, 3.8) is 0 Å². The molecule has 0 amide bonds. The van der Waals surface area contributed by atoms with Crippen molar-refractivity contribution in [1.29, 1.82) is 0 Å². The Morgan fingerprint density at radius 3 is 1.00 bits per heavy atom. The van der Waals surface area contributed by atoms with Gasteiger partial charge in [0.2, 0.25) is 0 Å². The molecule has 0 bridgehead atoms. The number of carbonyl (C=O) groups excluding carboxylic acids is 4. The van der Waals surface area contributed by atoms with Crippen LogP contribution in [0.25, 0.3) is 22.3 Å². The molecule has 83 heavy (non-hydrogen) atoms. The molecule has 0 fully saturated rings. The van der Waals surface area contributed by atoms with Crippen LogP contribution in [0.1, 0.15) is 99.8 Å². The van der Waals surface area contributed by atoms with Crippen LogP contribution >= 0.6 is 0 Å². The number of hydrogen-bond donors (Lipinski definition) is 0. The highest BCUT2D eigenvalue weighted by atomic mass is 28.5. The van der Waals surface area contributed by atoms with E-state index in [9.17, 15) is 19.2 Å². The van der Waals surface area contributed by atoms with Crippen LogP contribution in [0.3, 0.4) is 0 Å². The number of hydrogen-bond acceptors (Lipinski definition) is 14. The largest absolute Gasteiger partial charge is 0.494 e. The highest BCUT2D eigenvalue weighted by Gasteiger charge is 2.39. The number of rotatable bonds is 34. The van der Waals surface area contributed by atoms with Gasteiger partial charge in [0.1, 0.15) is 34.5 Å². The zero-order valence-corrected chi connectivity index (χ0v) is 53.1. The number of ether oxygens (including phenoxy) is 8. The van der Waals surface area contributed by atoms with Gasteiger partial charge in [-0.15, -0.1) is 0 Å². The van der Waals surface area contributed by atoms with Gasteiger partial charge in [-0.05, 0) is 210 Å². The maximum Gasteiger partial charge on any atom is 0.347 e. The van der Waals surface area contributed by atoms with E-state index in [4.69, 9.17) is 46.1 Å². The minimum atomic E-state index is -2.37. The molecule has 0 aliphatic heterocycles. The minimum absolute atomic E-state index is 0.362. The van der Waals surface area contributed by atoms with Gasteiger partial charge in [0, 0.05) is 0 Å². The third-order valence-corrected chi connectivity index (χ3v) is 24.9. The Hall–Kier alpha value is -7.03. The molecule has 0 saturated carbocycles. The van der Waals surface area contributed by atoms with E-state index >= 15 is 0 Å². The summed E-state index contributed by atoms with van der Waals surface area (Å²) in [6.07, 6.45) is 5.85. The maximum atomic E-state index is 12.9. The SMILES string of the molecule is CCCCOC(=O)[C@@H](C)Oc1ccc(OC(=O)c2ccc(-c3ccc(OCCCC[Si](C)(C)O[Si](C)(C)O[Si](C)(C)CCCCOc4ccc(-c5ccc(C(=O)Oc6ccc(O[C@H](C)C(=O)OCCCC)cc6)cc5)cc4)cc3)cc2)cc1. The third-order valence-electron chi connectivity index (χ3n) is 13.4. The van der Waals surface area contributed by atoms with Gasteiger partial charge < -0.3 is 46.1 Å². The molecule has 6 rings (SSSR count). The van der Waals surface area contributed by atoms with Crippen molar-refractivity contribution in [2.24, 2.45) is 0 Å². The molecule has 0 aliphatic carbocycles. The molecular formula is C66H84O14Si3. The molecular weight excluding hydrogens is 1100 g/mol. The van der Waals surface area contributed by atoms with Crippen LogP contribution in [0.15, 0.2) is 146 Å². The lowest BCUT2D eigenvalue weighted by Gasteiger charge is -2.38. The highest BCUT2D eigenvalue weighted by molar-refractivity contribution is 6.87. The number of carbonyl (C=O) groups is 4.